The van der Waals surface area contributed by atoms with E-state index in [0.29, 0.717) is 21.7 Å². The molecule has 0 aliphatic rings. The van der Waals surface area contributed by atoms with Crippen LogP contribution in [0.1, 0.15) is 10.4 Å². The van der Waals surface area contributed by atoms with E-state index >= 15 is 0 Å². The van der Waals surface area contributed by atoms with Crippen LogP contribution in [-0.4, -0.2) is 30.8 Å². The van der Waals surface area contributed by atoms with E-state index in [1.54, 1.807) is 29.2 Å². The Labute approximate surface area is 112 Å². The number of carboxylic acid groups (broad SMARTS) is 1. The zero-order valence-corrected chi connectivity index (χ0v) is 10.2. The second kappa shape index (κ2) is 4.33. The van der Waals surface area contributed by atoms with Gasteiger partial charge in [-0.3, -0.25) is 4.98 Å². The van der Waals surface area contributed by atoms with Crippen molar-refractivity contribution in [1.29, 1.82) is 0 Å². The van der Waals surface area contributed by atoms with E-state index in [1.807, 2.05) is 0 Å². The minimum absolute atomic E-state index is 0.115. The minimum Gasteiger partial charge on any atom is -0.478 e. The Balaban J connectivity index is 2.27. The number of hydrogen-bond acceptors (Lipinski definition) is 4. The average Bonchev–Trinajstić information content (AvgIpc) is 2.82. The summed E-state index contributed by atoms with van der Waals surface area (Å²) < 4.78 is 1.57. The summed E-state index contributed by atoms with van der Waals surface area (Å²) in [6.45, 7) is 0. The third-order valence-electron chi connectivity index (χ3n) is 2.68. The van der Waals surface area contributed by atoms with Gasteiger partial charge in [0.05, 0.1) is 29.2 Å². The van der Waals surface area contributed by atoms with E-state index < -0.39 is 5.97 Å². The summed E-state index contributed by atoms with van der Waals surface area (Å²) in [5.74, 6) is -1.04. The highest BCUT2D eigenvalue weighted by Crippen LogP contribution is 2.21. The molecule has 3 aromatic heterocycles. The summed E-state index contributed by atoms with van der Waals surface area (Å²) >= 11 is 5.83. The predicted octanol–water partition coefficient (Wildman–Crippen LogP) is 2.17. The molecule has 1 N–H and O–H groups in total. The maximum Gasteiger partial charge on any atom is 0.338 e. The number of carbonyl (C=O) groups is 1. The summed E-state index contributed by atoms with van der Waals surface area (Å²) in [5, 5.41) is 14.1. The molecule has 0 radical (unpaired) electrons. The van der Waals surface area contributed by atoms with Gasteiger partial charge >= 0.3 is 5.97 Å². The lowest BCUT2D eigenvalue weighted by Gasteiger charge is -2.03. The van der Waals surface area contributed by atoms with Gasteiger partial charge in [-0.2, -0.15) is 5.10 Å². The number of pyridine rings is 2. The van der Waals surface area contributed by atoms with Crippen LogP contribution < -0.4 is 0 Å². The van der Waals surface area contributed by atoms with Crippen molar-refractivity contribution in [1.82, 2.24) is 19.7 Å². The monoisotopic (exact) mass is 274 g/mol. The molecule has 0 saturated carbocycles. The second-order valence-electron chi connectivity index (χ2n) is 3.82. The van der Waals surface area contributed by atoms with E-state index in [9.17, 15) is 4.79 Å². The molecular weight excluding hydrogens is 268 g/mol. The van der Waals surface area contributed by atoms with Gasteiger partial charge in [-0.15, -0.1) is 0 Å². The maximum atomic E-state index is 11.1. The molecule has 0 aliphatic carbocycles. The first-order valence-electron chi connectivity index (χ1n) is 5.34. The van der Waals surface area contributed by atoms with Gasteiger partial charge in [0.2, 0.25) is 0 Å². The van der Waals surface area contributed by atoms with Crippen LogP contribution in [-0.2, 0) is 0 Å². The number of rotatable bonds is 2. The standard InChI is InChI=1S/C12H7ClN4O2/c13-11-3-7(1-2-15-11)17-10-6-14-4-9(12(18)19)8(10)5-16-17/h1-6H,(H,18,19). The van der Waals surface area contributed by atoms with Gasteiger partial charge in [0.25, 0.3) is 0 Å². The Bertz CT molecular complexity index is 784. The van der Waals surface area contributed by atoms with E-state index in [0.717, 1.165) is 0 Å². The Kier molecular flexibility index (Phi) is 2.64. The van der Waals surface area contributed by atoms with Crippen molar-refractivity contribution in [2.75, 3.05) is 0 Å². The zero-order chi connectivity index (χ0) is 13.4. The quantitative estimate of drug-likeness (QED) is 0.724. The van der Waals surface area contributed by atoms with Crippen molar-refractivity contribution in [2.45, 2.75) is 0 Å². The van der Waals surface area contributed by atoms with Gasteiger partial charge in [0.1, 0.15) is 5.15 Å². The van der Waals surface area contributed by atoms with Gasteiger partial charge in [0, 0.05) is 23.8 Å². The number of nitrogens with zero attached hydrogens (tertiary/aromatic N) is 4. The van der Waals surface area contributed by atoms with Crippen LogP contribution >= 0.6 is 11.6 Å². The SMILES string of the molecule is O=C(O)c1cncc2c1cnn2-c1ccnc(Cl)c1. The lowest BCUT2D eigenvalue weighted by Crippen LogP contribution is -2.00. The topological polar surface area (TPSA) is 80.9 Å². The molecule has 3 aromatic rings. The summed E-state index contributed by atoms with van der Waals surface area (Å²) in [6.07, 6.45) is 5.91. The Morgan fingerprint density at radius 2 is 2.16 bits per heavy atom. The van der Waals surface area contributed by atoms with Crippen molar-refractivity contribution in [3.63, 3.8) is 0 Å². The molecule has 94 valence electrons. The maximum absolute atomic E-state index is 11.1. The molecule has 0 unspecified atom stereocenters. The van der Waals surface area contributed by atoms with Crippen LogP contribution in [0.25, 0.3) is 16.6 Å². The fourth-order valence-electron chi connectivity index (χ4n) is 1.84. The van der Waals surface area contributed by atoms with E-state index in [4.69, 9.17) is 16.7 Å². The highest BCUT2D eigenvalue weighted by Gasteiger charge is 2.13. The third-order valence-corrected chi connectivity index (χ3v) is 2.89. The Hall–Kier alpha value is -2.47. The molecule has 0 aromatic carbocycles. The molecule has 0 spiro atoms. The Morgan fingerprint density at radius 3 is 2.89 bits per heavy atom. The molecule has 19 heavy (non-hydrogen) atoms. The smallest absolute Gasteiger partial charge is 0.338 e. The third kappa shape index (κ3) is 1.92. The molecular formula is C12H7ClN4O2. The van der Waals surface area contributed by atoms with Crippen molar-refractivity contribution < 1.29 is 9.90 Å². The fraction of sp³-hybridized carbons (Fsp3) is 0. The molecule has 6 nitrogen and oxygen atoms in total. The lowest BCUT2D eigenvalue weighted by atomic mass is 10.2. The van der Waals surface area contributed by atoms with E-state index in [1.165, 1.54) is 12.4 Å². The zero-order valence-electron chi connectivity index (χ0n) is 9.49. The largest absolute Gasteiger partial charge is 0.478 e. The van der Waals surface area contributed by atoms with Crippen molar-refractivity contribution >= 4 is 28.5 Å². The van der Waals surface area contributed by atoms with Crippen LogP contribution in [0, 0.1) is 0 Å². The molecule has 0 aliphatic heterocycles. The van der Waals surface area contributed by atoms with Crippen molar-refractivity contribution in [2.24, 2.45) is 0 Å². The molecule has 0 bridgehead atoms. The first kappa shape index (κ1) is 11.6. The van der Waals surface area contributed by atoms with Crippen molar-refractivity contribution in [3.05, 3.63) is 47.6 Å². The van der Waals surface area contributed by atoms with Gasteiger partial charge in [-0.1, -0.05) is 11.6 Å². The van der Waals surface area contributed by atoms with E-state index in [-0.39, 0.29) is 5.56 Å². The molecule has 0 saturated heterocycles. The van der Waals surface area contributed by atoms with Crippen LogP contribution in [0.15, 0.2) is 36.9 Å². The number of carboxylic acids is 1. The number of aromatic carboxylic acids is 1. The lowest BCUT2D eigenvalue weighted by molar-refractivity contribution is 0.0698. The number of aromatic nitrogens is 4. The highest BCUT2D eigenvalue weighted by molar-refractivity contribution is 6.29. The van der Waals surface area contributed by atoms with Gasteiger partial charge in [-0.25, -0.2) is 14.5 Å². The average molecular weight is 275 g/mol. The molecule has 0 fully saturated rings. The summed E-state index contributed by atoms with van der Waals surface area (Å²) in [4.78, 5) is 18.9. The Morgan fingerprint density at radius 1 is 1.32 bits per heavy atom. The number of fused-ring (bicyclic) bond motifs is 1. The first-order valence-corrected chi connectivity index (χ1v) is 5.71. The summed E-state index contributed by atoms with van der Waals surface area (Å²) in [7, 11) is 0. The van der Waals surface area contributed by atoms with Crippen LogP contribution in [0.3, 0.4) is 0 Å². The van der Waals surface area contributed by atoms with E-state index in [2.05, 4.69) is 15.1 Å². The molecule has 7 heteroatoms. The second-order valence-corrected chi connectivity index (χ2v) is 4.21. The molecule has 0 amide bonds. The number of halogens is 1. The normalized spacial score (nSPS) is 10.8. The first-order chi connectivity index (χ1) is 9.16. The van der Waals surface area contributed by atoms with Crippen LogP contribution in [0.4, 0.5) is 0 Å². The molecule has 3 heterocycles. The summed E-state index contributed by atoms with van der Waals surface area (Å²) in [6, 6.07) is 3.37. The van der Waals surface area contributed by atoms with Gasteiger partial charge < -0.3 is 5.11 Å². The molecule has 0 atom stereocenters. The predicted molar refractivity (Wildman–Crippen MR) is 68.6 cm³/mol. The molecule has 3 rings (SSSR count). The fourth-order valence-corrected chi connectivity index (χ4v) is 2.01. The highest BCUT2D eigenvalue weighted by atomic mass is 35.5. The van der Waals surface area contributed by atoms with Crippen molar-refractivity contribution in [3.8, 4) is 5.69 Å². The minimum atomic E-state index is -1.04. The number of hydrogen-bond donors (Lipinski definition) is 1. The van der Waals surface area contributed by atoms with Crippen LogP contribution in [0.2, 0.25) is 5.15 Å². The van der Waals surface area contributed by atoms with Gasteiger partial charge in [-0.05, 0) is 6.07 Å². The van der Waals surface area contributed by atoms with Gasteiger partial charge in [0.15, 0.2) is 0 Å². The summed E-state index contributed by atoms with van der Waals surface area (Å²) in [5.41, 5.74) is 1.41. The van der Waals surface area contributed by atoms with Crippen LogP contribution in [0.5, 0.6) is 0 Å².